The topological polar surface area (TPSA) is 250 Å². The van der Waals surface area contributed by atoms with E-state index in [9.17, 15) is 28.8 Å². The van der Waals surface area contributed by atoms with Crippen molar-refractivity contribution in [2.45, 2.75) is 83.7 Å². The molecule has 7 N–H and O–H groups in total. The van der Waals surface area contributed by atoms with Gasteiger partial charge in [0.1, 0.15) is 25.3 Å². The van der Waals surface area contributed by atoms with Crippen LogP contribution in [0.2, 0.25) is 0 Å². The molecule has 0 saturated heterocycles. The van der Waals surface area contributed by atoms with E-state index < -0.39 is 23.9 Å². The first-order valence-corrected chi connectivity index (χ1v) is 22.2. The van der Waals surface area contributed by atoms with Gasteiger partial charge in [0.25, 0.3) is 5.91 Å². The first-order valence-electron chi connectivity index (χ1n) is 22.2. The summed E-state index contributed by atoms with van der Waals surface area (Å²) in [5.41, 5.74) is 5.19. The number of ether oxygens (including phenoxy) is 4. The van der Waals surface area contributed by atoms with Crippen molar-refractivity contribution in [3.05, 3.63) is 94.5 Å². The van der Waals surface area contributed by atoms with Gasteiger partial charge in [-0.3, -0.25) is 33.8 Å². The van der Waals surface area contributed by atoms with Crippen molar-refractivity contribution >= 4 is 65.3 Å². The van der Waals surface area contributed by atoms with Crippen molar-refractivity contribution in [3.8, 4) is 23.0 Å². The van der Waals surface area contributed by atoms with Crippen LogP contribution in [-0.4, -0.2) is 94.6 Å². The van der Waals surface area contributed by atoms with Gasteiger partial charge in [-0.15, -0.1) is 0 Å². The standard InChI is InChI=1S/C49H58N8O11/c1-29(54-46(60)14-9-8-13-45(59)52-15-10-16-68-50)47(61)55-30(2)48(62)56-35-18-31(27-66-43-23-38(51-3)34(26-58)21-41(43)64-4)17-32(19-35)28-67-44-24-39-37(22-42(44)65-5)49(63)57-36(25-53-39)20-33-11-6-7-12-40(33)57/h6-7,11-12,17-19,21-24,26,29-30,36,53H,3,8-10,13-16,20,25,27-28,50H2,1-2,4-5H3,(H,52,59)(H,54,60)(H,55,61)(H,56,62)/t29-,30?,36?/m0/s1. The second kappa shape index (κ2) is 23.8. The van der Waals surface area contributed by atoms with Crippen LogP contribution < -0.4 is 56.3 Å². The lowest BCUT2D eigenvalue weighted by Crippen LogP contribution is -2.50. The van der Waals surface area contributed by atoms with E-state index in [0.29, 0.717) is 102 Å². The summed E-state index contributed by atoms with van der Waals surface area (Å²) >= 11 is 0. The summed E-state index contributed by atoms with van der Waals surface area (Å²) in [6, 6.07) is 17.5. The number of aliphatic imine (C=N–C) groups is 1. The number of fused-ring (bicyclic) bond motifs is 4. The Morgan fingerprint density at radius 1 is 0.853 bits per heavy atom. The highest BCUT2D eigenvalue weighted by Crippen LogP contribution is 2.41. The molecule has 0 aliphatic carbocycles. The fourth-order valence-electron chi connectivity index (χ4n) is 7.88. The van der Waals surface area contributed by atoms with Gasteiger partial charge in [0, 0.05) is 55.0 Å². The number of nitrogens with one attached hydrogen (secondary N) is 5. The number of carbonyl (C=O) groups excluding carboxylic acids is 6. The Labute approximate surface area is 394 Å². The van der Waals surface area contributed by atoms with Gasteiger partial charge in [0.05, 0.1) is 43.8 Å². The van der Waals surface area contributed by atoms with Gasteiger partial charge in [-0.05, 0) is 99.3 Å². The number of amides is 5. The average Bonchev–Trinajstić information content (AvgIpc) is 3.66. The molecule has 2 aliphatic rings. The summed E-state index contributed by atoms with van der Waals surface area (Å²) in [5, 5.41) is 14.3. The molecule has 19 heteroatoms. The first kappa shape index (κ1) is 49.9. The molecule has 4 aromatic carbocycles. The molecule has 2 aliphatic heterocycles. The number of hydrogen-bond acceptors (Lipinski definition) is 14. The zero-order valence-electron chi connectivity index (χ0n) is 38.6. The molecule has 4 aromatic rings. The van der Waals surface area contributed by atoms with E-state index >= 15 is 0 Å². The Morgan fingerprint density at radius 2 is 1.51 bits per heavy atom. The Bertz CT molecular complexity index is 2520. The number of benzene rings is 4. The third kappa shape index (κ3) is 12.7. The maximum atomic E-state index is 14.0. The first-order chi connectivity index (χ1) is 32.8. The van der Waals surface area contributed by atoms with Crippen LogP contribution in [0.5, 0.6) is 23.0 Å². The van der Waals surface area contributed by atoms with Gasteiger partial charge in [-0.25, -0.2) is 5.90 Å². The van der Waals surface area contributed by atoms with Crippen molar-refractivity contribution < 1.29 is 52.6 Å². The Hall–Kier alpha value is -7.51. The lowest BCUT2D eigenvalue weighted by molar-refractivity contribution is -0.130. The third-order valence-electron chi connectivity index (χ3n) is 11.4. The molecular weight excluding hydrogens is 877 g/mol. The number of unbranched alkanes of at least 4 members (excludes halogenated alkanes) is 1. The van der Waals surface area contributed by atoms with E-state index in [0.717, 1.165) is 17.7 Å². The molecule has 6 rings (SSSR count). The van der Waals surface area contributed by atoms with E-state index in [2.05, 4.69) is 43.1 Å². The monoisotopic (exact) mass is 934 g/mol. The van der Waals surface area contributed by atoms with Gasteiger partial charge < -0.3 is 55.3 Å². The molecule has 0 spiro atoms. The molecule has 0 fully saturated rings. The van der Waals surface area contributed by atoms with Crippen LogP contribution in [0.1, 0.15) is 83.4 Å². The van der Waals surface area contributed by atoms with Crippen molar-refractivity contribution in [1.82, 2.24) is 16.0 Å². The Morgan fingerprint density at radius 3 is 2.19 bits per heavy atom. The van der Waals surface area contributed by atoms with Gasteiger partial charge in [-0.2, -0.15) is 0 Å². The summed E-state index contributed by atoms with van der Waals surface area (Å²) in [6.45, 7) is 7.84. The van der Waals surface area contributed by atoms with Crippen LogP contribution in [0, 0.1) is 0 Å². The van der Waals surface area contributed by atoms with Crippen LogP contribution in [0.4, 0.5) is 22.7 Å². The fourth-order valence-corrected chi connectivity index (χ4v) is 7.88. The molecule has 0 aromatic heterocycles. The number of nitrogens with two attached hydrogens (primary N) is 1. The molecule has 0 radical (unpaired) electrons. The van der Waals surface area contributed by atoms with Crippen molar-refractivity contribution in [2.24, 2.45) is 10.9 Å². The predicted octanol–water partition coefficient (Wildman–Crippen LogP) is 4.91. The number of hydrogen-bond donors (Lipinski definition) is 6. The maximum Gasteiger partial charge on any atom is 0.260 e. The zero-order valence-corrected chi connectivity index (χ0v) is 38.6. The molecule has 3 atom stereocenters. The van der Waals surface area contributed by atoms with Crippen LogP contribution in [0.3, 0.4) is 0 Å². The van der Waals surface area contributed by atoms with Gasteiger partial charge in [0.2, 0.25) is 23.6 Å². The van der Waals surface area contributed by atoms with E-state index in [1.807, 2.05) is 35.2 Å². The maximum absolute atomic E-state index is 14.0. The summed E-state index contributed by atoms with van der Waals surface area (Å²) in [7, 11) is 2.94. The van der Waals surface area contributed by atoms with Gasteiger partial charge >= 0.3 is 0 Å². The molecule has 2 heterocycles. The van der Waals surface area contributed by atoms with E-state index in [1.54, 1.807) is 24.3 Å². The minimum absolute atomic E-state index is 0.00835. The average molecular weight is 935 g/mol. The largest absolute Gasteiger partial charge is 0.493 e. The third-order valence-corrected chi connectivity index (χ3v) is 11.4. The SMILES string of the molecule is C=Nc1cc(OCc2cc(COc3cc4c(cc3OC)C(=O)N3c5ccccc5CC3CN4)cc(NC(=O)C(C)NC(=O)[C@H](C)NC(=O)CCCCC(=O)NCCCON)c2)c(OC)cc1C=O. The number of para-hydroxylation sites is 1. The second-order valence-corrected chi connectivity index (χ2v) is 16.3. The lowest BCUT2D eigenvalue weighted by atomic mass is 10.1. The molecular formula is C49H58N8O11. The molecule has 68 heavy (non-hydrogen) atoms. The van der Waals surface area contributed by atoms with Gasteiger partial charge in [0.15, 0.2) is 29.3 Å². The summed E-state index contributed by atoms with van der Waals surface area (Å²) in [6.07, 6.45) is 3.25. The number of methoxy groups -OCH3 is 2. The molecule has 360 valence electrons. The van der Waals surface area contributed by atoms with E-state index in [-0.39, 0.29) is 55.4 Å². The highest BCUT2D eigenvalue weighted by atomic mass is 16.6. The van der Waals surface area contributed by atoms with Crippen LogP contribution >= 0.6 is 0 Å². The van der Waals surface area contributed by atoms with Gasteiger partial charge in [-0.1, -0.05) is 18.2 Å². The summed E-state index contributed by atoms with van der Waals surface area (Å²) in [4.78, 5) is 87.1. The molecule has 0 bridgehead atoms. The lowest BCUT2D eigenvalue weighted by Gasteiger charge is -2.22. The number of nitrogens with zero attached hydrogens (tertiary/aromatic N) is 2. The quantitative estimate of drug-likeness (QED) is 0.0237. The number of carbonyl (C=O) groups is 6. The van der Waals surface area contributed by atoms with Crippen LogP contribution in [0.25, 0.3) is 0 Å². The minimum Gasteiger partial charge on any atom is -0.493 e. The fraction of sp³-hybridized carbons (Fsp3) is 0.367. The molecule has 2 unspecified atom stereocenters. The molecule has 0 saturated carbocycles. The zero-order chi connectivity index (χ0) is 48.7. The molecule has 5 amide bonds. The van der Waals surface area contributed by atoms with Crippen LogP contribution in [-0.2, 0) is 43.7 Å². The molecule has 19 nitrogen and oxygen atoms in total. The number of anilines is 3. The second-order valence-electron chi connectivity index (χ2n) is 16.3. The Kier molecular flexibility index (Phi) is 17.5. The highest BCUT2D eigenvalue weighted by Gasteiger charge is 2.37. The number of aldehydes is 1. The van der Waals surface area contributed by atoms with E-state index in [1.165, 1.54) is 40.2 Å². The van der Waals surface area contributed by atoms with Crippen molar-refractivity contribution in [3.63, 3.8) is 0 Å². The predicted molar refractivity (Wildman–Crippen MR) is 255 cm³/mol. The summed E-state index contributed by atoms with van der Waals surface area (Å²) in [5.74, 6) is 4.51. The summed E-state index contributed by atoms with van der Waals surface area (Å²) < 4.78 is 23.7. The normalized spacial score (nSPS) is 14.3. The minimum atomic E-state index is -1.02. The smallest absolute Gasteiger partial charge is 0.260 e. The Balaban J connectivity index is 1.13. The van der Waals surface area contributed by atoms with Crippen molar-refractivity contribution in [2.75, 3.05) is 49.4 Å². The van der Waals surface area contributed by atoms with Crippen LogP contribution in [0.15, 0.2) is 71.7 Å². The van der Waals surface area contributed by atoms with E-state index in [4.69, 9.17) is 24.8 Å². The highest BCUT2D eigenvalue weighted by molar-refractivity contribution is 6.12. The van der Waals surface area contributed by atoms with Crippen molar-refractivity contribution in [1.29, 1.82) is 0 Å². The number of rotatable bonds is 24.